The van der Waals surface area contributed by atoms with Crippen molar-refractivity contribution < 1.29 is 28.5 Å². The van der Waals surface area contributed by atoms with E-state index < -0.39 is 17.2 Å². The Morgan fingerprint density at radius 1 is 1.06 bits per heavy atom. The van der Waals surface area contributed by atoms with Crippen LogP contribution in [0.3, 0.4) is 0 Å². The van der Waals surface area contributed by atoms with Gasteiger partial charge in [0.25, 0.3) is 0 Å². The zero-order chi connectivity index (χ0) is 33.8. The number of phenols is 1. The first-order valence-corrected chi connectivity index (χ1v) is 16.8. The van der Waals surface area contributed by atoms with Gasteiger partial charge >= 0.3 is 6.01 Å². The van der Waals surface area contributed by atoms with Crippen LogP contribution in [0, 0.1) is 29.4 Å². The fourth-order valence-corrected chi connectivity index (χ4v) is 8.44. The average molecular weight is 658 g/mol. The molecule has 1 saturated carbocycles. The number of methoxy groups -OCH3 is 1. The number of terminal acetylenes is 1. The van der Waals surface area contributed by atoms with Gasteiger partial charge in [0, 0.05) is 35.5 Å². The van der Waals surface area contributed by atoms with Crippen LogP contribution in [0.25, 0.3) is 32.9 Å². The third kappa shape index (κ3) is 5.35. The molecule has 2 saturated heterocycles. The lowest BCUT2D eigenvalue weighted by Gasteiger charge is -2.44. The quantitative estimate of drug-likeness (QED) is 0.225. The number of aromatic nitrogens is 3. The first-order chi connectivity index (χ1) is 23.1. The highest BCUT2D eigenvalue weighted by Gasteiger charge is 2.47. The smallest absolute Gasteiger partial charge is 0.319 e. The predicted molar refractivity (Wildman–Crippen MR) is 180 cm³/mol. The lowest BCUT2D eigenvalue weighted by molar-refractivity contribution is 0.0131. The van der Waals surface area contributed by atoms with Crippen LogP contribution >= 0.6 is 0 Å². The molecule has 2 aromatic heterocycles. The maximum atomic E-state index is 17.1. The number of β-amino-alcohol motifs (C(OH)–C–C–N with tert-alkyl or cyclic N) is 1. The molecule has 3 atom stereocenters. The number of rotatable bonds is 7. The van der Waals surface area contributed by atoms with E-state index in [9.17, 15) is 14.6 Å². The first kappa shape index (κ1) is 32.3. The molecule has 11 heteroatoms. The Hall–Kier alpha value is -4.27. The number of pyridine rings is 1. The fourth-order valence-electron chi connectivity index (χ4n) is 8.44. The summed E-state index contributed by atoms with van der Waals surface area (Å²) in [6.45, 7) is 4.23. The Morgan fingerprint density at radius 3 is 2.62 bits per heavy atom. The van der Waals surface area contributed by atoms with Gasteiger partial charge in [0.15, 0.2) is 5.82 Å². The van der Waals surface area contributed by atoms with Crippen LogP contribution in [0.5, 0.6) is 17.6 Å². The fraction of sp³-hybridized carbons (Fsp3) is 0.486. The lowest BCUT2D eigenvalue weighted by atomic mass is 9.76. The molecule has 0 spiro atoms. The van der Waals surface area contributed by atoms with Gasteiger partial charge in [0.1, 0.15) is 34.0 Å². The summed E-state index contributed by atoms with van der Waals surface area (Å²) in [6.07, 6.45) is 13.0. The van der Waals surface area contributed by atoms with E-state index in [1.54, 1.807) is 0 Å². The maximum absolute atomic E-state index is 17.1. The van der Waals surface area contributed by atoms with E-state index in [2.05, 4.69) is 27.8 Å². The molecule has 3 fully saturated rings. The molecular formula is C37H41F2N5O4. The van der Waals surface area contributed by atoms with Crippen LogP contribution in [-0.4, -0.2) is 82.1 Å². The molecule has 7 rings (SSSR count). The zero-order valence-electron chi connectivity index (χ0n) is 27.7. The average Bonchev–Trinajstić information content (AvgIpc) is 3.53. The standard InChI is InChI=1S/C37H41F2N5O4/c1-5-24-26(38)12-11-22-18-23(45)19-25(28(22)24)31-30(39)32-29(34(40-31)47-4)33(44-17-9-15-37(46,6-2)20-44)42-35(41-32)48-21-36-13-7-10-27(36)43(3)16-8-14-36/h1,11-12,18-19,27,45-46H,6-10,13-17,20-21H2,2-4H3/t27-,36-,37+/m1/s1. The number of hydrogen-bond acceptors (Lipinski definition) is 9. The first-order valence-electron chi connectivity index (χ1n) is 16.8. The molecule has 1 aliphatic carbocycles. The predicted octanol–water partition coefficient (Wildman–Crippen LogP) is 6.20. The molecule has 4 aromatic rings. The molecule has 2 aromatic carbocycles. The van der Waals surface area contributed by atoms with E-state index in [1.165, 1.54) is 31.4 Å². The normalized spacial score (nSPS) is 24.5. The summed E-state index contributed by atoms with van der Waals surface area (Å²) in [4.78, 5) is 18.4. The van der Waals surface area contributed by atoms with Crippen LogP contribution < -0.4 is 14.4 Å². The molecular weight excluding hydrogens is 616 g/mol. The summed E-state index contributed by atoms with van der Waals surface area (Å²) in [5, 5.41) is 22.8. The van der Waals surface area contributed by atoms with Crippen molar-refractivity contribution in [2.75, 3.05) is 45.3 Å². The number of aromatic hydroxyl groups is 1. The monoisotopic (exact) mass is 657 g/mol. The van der Waals surface area contributed by atoms with Crippen LogP contribution in [0.1, 0.15) is 63.9 Å². The Kier molecular flexibility index (Phi) is 8.28. The number of nitrogens with zero attached hydrogens (tertiary/aromatic N) is 5. The molecule has 0 amide bonds. The van der Waals surface area contributed by atoms with E-state index >= 15 is 4.39 Å². The summed E-state index contributed by atoms with van der Waals surface area (Å²) in [5.74, 6) is 1.12. The molecule has 2 N–H and O–H groups in total. The molecule has 0 bridgehead atoms. The molecule has 0 radical (unpaired) electrons. The van der Waals surface area contributed by atoms with Crippen molar-refractivity contribution >= 4 is 27.5 Å². The third-order valence-electron chi connectivity index (χ3n) is 10.9. The number of ether oxygens (including phenoxy) is 2. The van der Waals surface area contributed by atoms with Gasteiger partial charge in [-0.05, 0) is 82.1 Å². The van der Waals surface area contributed by atoms with Gasteiger partial charge in [-0.2, -0.15) is 9.97 Å². The number of likely N-dealkylation sites (tertiary alicyclic amines) is 1. The minimum atomic E-state index is -0.950. The van der Waals surface area contributed by atoms with E-state index in [-0.39, 0.29) is 62.7 Å². The SMILES string of the molecule is C#Cc1c(F)ccc2cc(O)cc(-c3nc(OC)c4c(N5CCC[C@@](O)(CC)C5)nc(OC[C@]56CCC[C@H]5N(C)CCC6)nc4c3F)c12. The number of fused-ring (bicyclic) bond motifs is 3. The molecule has 252 valence electrons. The van der Waals surface area contributed by atoms with Crippen molar-refractivity contribution in [1.82, 2.24) is 19.9 Å². The Bertz CT molecular complexity index is 1950. The highest BCUT2D eigenvalue weighted by Crippen LogP contribution is 2.48. The number of phenolic OH excluding ortho intramolecular Hbond substituents is 1. The Balaban J connectivity index is 1.43. The van der Waals surface area contributed by atoms with Gasteiger partial charge < -0.3 is 29.5 Å². The van der Waals surface area contributed by atoms with Crippen LogP contribution in [0.4, 0.5) is 14.6 Å². The Labute approximate surface area is 278 Å². The largest absolute Gasteiger partial charge is 0.508 e. The van der Waals surface area contributed by atoms with Gasteiger partial charge in [-0.3, -0.25) is 0 Å². The zero-order valence-corrected chi connectivity index (χ0v) is 27.7. The maximum Gasteiger partial charge on any atom is 0.319 e. The van der Waals surface area contributed by atoms with E-state index in [0.717, 1.165) is 38.6 Å². The van der Waals surface area contributed by atoms with E-state index in [1.807, 2.05) is 11.8 Å². The lowest BCUT2D eigenvalue weighted by Crippen LogP contribution is -2.50. The summed E-state index contributed by atoms with van der Waals surface area (Å²) < 4.78 is 44.3. The number of piperidine rings is 2. The second-order valence-electron chi connectivity index (χ2n) is 13.7. The van der Waals surface area contributed by atoms with Gasteiger partial charge in [0.2, 0.25) is 5.88 Å². The highest BCUT2D eigenvalue weighted by molar-refractivity contribution is 6.04. The third-order valence-corrected chi connectivity index (χ3v) is 10.9. The second kappa shape index (κ2) is 12.3. The van der Waals surface area contributed by atoms with Crippen molar-refractivity contribution in [3.05, 3.63) is 41.5 Å². The van der Waals surface area contributed by atoms with E-state index in [4.69, 9.17) is 20.9 Å². The molecule has 4 heterocycles. The van der Waals surface area contributed by atoms with Crippen molar-refractivity contribution in [1.29, 1.82) is 0 Å². The number of halogens is 2. The van der Waals surface area contributed by atoms with Crippen molar-refractivity contribution in [3.63, 3.8) is 0 Å². The van der Waals surface area contributed by atoms with Crippen molar-refractivity contribution in [2.45, 2.75) is 69.9 Å². The highest BCUT2D eigenvalue weighted by atomic mass is 19.1. The van der Waals surface area contributed by atoms with Crippen LogP contribution in [0.15, 0.2) is 24.3 Å². The summed E-state index contributed by atoms with van der Waals surface area (Å²) in [7, 11) is 3.58. The number of hydrogen-bond donors (Lipinski definition) is 2. The molecule has 2 aliphatic heterocycles. The number of anilines is 1. The van der Waals surface area contributed by atoms with Gasteiger partial charge in [-0.25, -0.2) is 13.8 Å². The summed E-state index contributed by atoms with van der Waals surface area (Å²) in [6, 6.07) is 5.84. The topological polar surface area (TPSA) is 104 Å². The molecule has 48 heavy (non-hydrogen) atoms. The second-order valence-corrected chi connectivity index (χ2v) is 13.7. The minimum absolute atomic E-state index is 0.0191. The summed E-state index contributed by atoms with van der Waals surface area (Å²) >= 11 is 0. The Morgan fingerprint density at radius 2 is 1.85 bits per heavy atom. The number of benzene rings is 2. The number of aliphatic hydroxyl groups is 1. The minimum Gasteiger partial charge on any atom is -0.508 e. The molecule has 9 nitrogen and oxygen atoms in total. The molecule has 3 aliphatic rings. The van der Waals surface area contributed by atoms with Crippen LogP contribution in [0.2, 0.25) is 0 Å². The van der Waals surface area contributed by atoms with Crippen molar-refractivity contribution in [2.24, 2.45) is 5.41 Å². The van der Waals surface area contributed by atoms with Gasteiger partial charge in [-0.1, -0.05) is 25.3 Å². The van der Waals surface area contributed by atoms with Crippen LogP contribution in [-0.2, 0) is 0 Å². The molecule has 0 unspecified atom stereocenters. The van der Waals surface area contributed by atoms with Crippen molar-refractivity contribution in [3.8, 4) is 41.2 Å². The van der Waals surface area contributed by atoms with Gasteiger partial charge in [0.05, 0.1) is 24.9 Å². The van der Waals surface area contributed by atoms with E-state index in [0.29, 0.717) is 49.7 Å². The summed E-state index contributed by atoms with van der Waals surface area (Å²) in [5.41, 5.74) is -1.30. The van der Waals surface area contributed by atoms with Gasteiger partial charge in [-0.15, -0.1) is 6.42 Å².